The number of amides is 1. The molecule has 1 aliphatic rings. The predicted molar refractivity (Wildman–Crippen MR) is 100 cm³/mol. The highest BCUT2D eigenvalue weighted by atomic mass is 32.1. The van der Waals surface area contributed by atoms with Crippen molar-refractivity contribution in [2.45, 2.75) is 45.2 Å². The van der Waals surface area contributed by atoms with Gasteiger partial charge in [-0.2, -0.15) is 0 Å². The third-order valence-electron chi connectivity index (χ3n) is 4.86. The minimum atomic E-state index is 0.112. The molecular weight excluding hydrogens is 316 g/mol. The normalized spacial score (nSPS) is 18.8. The largest absolute Gasteiger partial charge is 0.348 e. The second-order valence-electron chi connectivity index (χ2n) is 6.52. The van der Waals surface area contributed by atoms with Crippen molar-refractivity contribution in [3.63, 3.8) is 0 Å². The lowest BCUT2D eigenvalue weighted by molar-refractivity contribution is -0.123. The summed E-state index contributed by atoms with van der Waals surface area (Å²) in [6, 6.07) is 12.9. The lowest BCUT2D eigenvalue weighted by Gasteiger charge is -2.33. The molecule has 0 fully saturated rings. The van der Waals surface area contributed by atoms with Gasteiger partial charge in [-0.3, -0.25) is 9.69 Å². The van der Waals surface area contributed by atoms with Crippen LogP contribution in [0.25, 0.3) is 0 Å². The van der Waals surface area contributed by atoms with Crippen LogP contribution in [-0.4, -0.2) is 23.9 Å². The lowest BCUT2D eigenvalue weighted by atomic mass is 10.0. The van der Waals surface area contributed by atoms with Crippen molar-refractivity contribution in [2.75, 3.05) is 13.1 Å². The molecular formula is C20H26N2OS. The summed E-state index contributed by atoms with van der Waals surface area (Å²) in [5, 5.41) is 5.41. The van der Waals surface area contributed by atoms with Crippen LogP contribution in [0, 0.1) is 0 Å². The van der Waals surface area contributed by atoms with E-state index in [1.165, 1.54) is 16.0 Å². The van der Waals surface area contributed by atoms with Gasteiger partial charge in [0.25, 0.3) is 0 Å². The number of nitrogens with one attached hydrogen (secondary N) is 1. The van der Waals surface area contributed by atoms with Crippen molar-refractivity contribution in [1.82, 2.24) is 10.2 Å². The zero-order valence-corrected chi connectivity index (χ0v) is 15.3. The number of carbonyl (C=O) groups is 1. The van der Waals surface area contributed by atoms with Crippen molar-refractivity contribution < 1.29 is 4.79 Å². The Labute approximate surface area is 148 Å². The van der Waals surface area contributed by atoms with Gasteiger partial charge >= 0.3 is 0 Å². The molecule has 128 valence electrons. The SMILES string of the molecule is CCC[C@H](NC(=O)CN1CCc2sccc2[C@H]1C)c1ccccc1. The van der Waals surface area contributed by atoms with Crippen LogP contribution >= 0.6 is 11.3 Å². The molecule has 1 aromatic carbocycles. The molecule has 0 spiro atoms. The first-order valence-corrected chi connectivity index (χ1v) is 9.71. The highest BCUT2D eigenvalue weighted by Gasteiger charge is 2.26. The molecule has 3 rings (SSSR count). The summed E-state index contributed by atoms with van der Waals surface area (Å²) < 4.78 is 0. The molecule has 1 N–H and O–H groups in total. The smallest absolute Gasteiger partial charge is 0.234 e. The Morgan fingerprint density at radius 1 is 1.33 bits per heavy atom. The highest BCUT2D eigenvalue weighted by Crippen LogP contribution is 2.32. The Bertz CT molecular complexity index is 667. The van der Waals surface area contributed by atoms with E-state index in [1.807, 2.05) is 29.5 Å². The molecule has 3 nitrogen and oxygen atoms in total. The molecule has 1 aliphatic heterocycles. The summed E-state index contributed by atoms with van der Waals surface area (Å²) in [6.45, 7) is 5.81. The van der Waals surface area contributed by atoms with E-state index in [-0.39, 0.29) is 11.9 Å². The topological polar surface area (TPSA) is 32.3 Å². The molecule has 0 aliphatic carbocycles. The fraction of sp³-hybridized carbons (Fsp3) is 0.450. The Balaban J connectivity index is 1.62. The molecule has 4 heteroatoms. The van der Waals surface area contributed by atoms with Crippen LogP contribution in [0.4, 0.5) is 0 Å². The highest BCUT2D eigenvalue weighted by molar-refractivity contribution is 7.10. The number of hydrogen-bond donors (Lipinski definition) is 1. The lowest BCUT2D eigenvalue weighted by Crippen LogP contribution is -2.42. The second kappa shape index (κ2) is 7.95. The van der Waals surface area contributed by atoms with Gasteiger partial charge in [0.05, 0.1) is 12.6 Å². The van der Waals surface area contributed by atoms with Crippen LogP contribution in [0.15, 0.2) is 41.8 Å². The van der Waals surface area contributed by atoms with Crippen molar-refractivity contribution in [1.29, 1.82) is 0 Å². The third kappa shape index (κ3) is 3.87. The first-order valence-electron chi connectivity index (χ1n) is 8.83. The Hall–Kier alpha value is -1.65. The van der Waals surface area contributed by atoms with Gasteiger partial charge in [0.1, 0.15) is 0 Å². The van der Waals surface area contributed by atoms with Gasteiger partial charge < -0.3 is 5.32 Å². The molecule has 2 heterocycles. The summed E-state index contributed by atoms with van der Waals surface area (Å²) in [7, 11) is 0. The predicted octanol–water partition coefficient (Wildman–Crippen LogP) is 4.32. The Morgan fingerprint density at radius 3 is 2.88 bits per heavy atom. The van der Waals surface area contributed by atoms with Gasteiger partial charge in [-0.25, -0.2) is 0 Å². The summed E-state index contributed by atoms with van der Waals surface area (Å²) in [5.41, 5.74) is 2.59. The Kier molecular flexibility index (Phi) is 5.69. The quantitative estimate of drug-likeness (QED) is 0.848. The van der Waals surface area contributed by atoms with Gasteiger partial charge in [-0.15, -0.1) is 11.3 Å². The van der Waals surface area contributed by atoms with E-state index in [1.54, 1.807) is 0 Å². The summed E-state index contributed by atoms with van der Waals surface area (Å²) >= 11 is 1.84. The zero-order chi connectivity index (χ0) is 16.9. The van der Waals surface area contributed by atoms with E-state index in [0.717, 1.165) is 25.8 Å². The number of nitrogens with zero attached hydrogens (tertiary/aromatic N) is 1. The third-order valence-corrected chi connectivity index (χ3v) is 5.86. The van der Waals surface area contributed by atoms with Crippen molar-refractivity contribution in [2.24, 2.45) is 0 Å². The number of rotatable bonds is 6. The number of carbonyl (C=O) groups excluding carboxylic acids is 1. The fourth-order valence-electron chi connectivity index (χ4n) is 3.50. The van der Waals surface area contributed by atoms with E-state index < -0.39 is 0 Å². The Morgan fingerprint density at radius 2 is 2.12 bits per heavy atom. The average Bonchev–Trinajstić information content (AvgIpc) is 3.07. The average molecular weight is 343 g/mol. The van der Waals surface area contributed by atoms with Gasteiger partial charge in [-0.05, 0) is 42.3 Å². The summed E-state index contributed by atoms with van der Waals surface area (Å²) in [4.78, 5) is 16.4. The minimum Gasteiger partial charge on any atom is -0.348 e. The standard InChI is InChI=1S/C20H26N2OS/c1-3-7-18(16-8-5-4-6-9-16)21-20(23)14-22-12-10-19-17(15(22)2)11-13-24-19/h4-6,8-9,11,13,15,18H,3,7,10,12,14H2,1-2H3,(H,21,23)/t15-,18+/m1/s1. The minimum absolute atomic E-state index is 0.112. The van der Waals surface area contributed by atoms with E-state index in [0.29, 0.717) is 12.6 Å². The fourth-order valence-corrected chi connectivity index (χ4v) is 4.46. The molecule has 0 radical (unpaired) electrons. The van der Waals surface area contributed by atoms with Crippen molar-refractivity contribution in [3.8, 4) is 0 Å². The molecule has 0 unspecified atom stereocenters. The second-order valence-corrected chi connectivity index (χ2v) is 7.52. The van der Waals surface area contributed by atoms with Crippen molar-refractivity contribution in [3.05, 3.63) is 57.8 Å². The monoisotopic (exact) mass is 342 g/mol. The van der Waals surface area contributed by atoms with Gasteiger partial charge in [-0.1, -0.05) is 43.7 Å². The number of benzene rings is 1. The van der Waals surface area contributed by atoms with Gasteiger partial charge in [0.15, 0.2) is 0 Å². The summed E-state index contributed by atoms with van der Waals surface area (Å²) in [6.07, 6.45) is 3.08. The number of fused-ring (bicyclic) bond motifs is 1. The molecule has 1 amide bonds. The molecule has 2 atom stereocenters. The summed E-state index contributed by atoms with van der Waals surface area (Å²) in [5.74, 6) is 0.128. The maximum atomic E-state index is 12.6. The van der Waals surface area contributed by atoms with Crippen LogP contribution in [0.2, 0.25) is 0 Å². The van der Waals surface area contributed by atoms with E-state index in [4.69, 9.17) is 0 Å². The molecule has 0 saturated heterocycles. The van der Waals surface area contributed by atoms with Crippen LogP contribution in [-0.2, 0) is 11.2 Å². The number of hydrogen-bond acceptors (Lipinski definition) is 3. The van der Waals surface area contributed by atoms with Crippen LogP contribution in [0.3, 0.4) is 0 Å². The first-order chi connectivity index (χ1) is 11.7. The zero-order valence-electron chi connectivity index (χ0n) is 14.5. The van der Waals surface area contributed by atoms with Crippen molar-refractivity contribution >= 4 is 17.2 Å². The van der Waals surface area contributed by atoms with E-state index in [9.17, 15) is 4.79 Å². The van der Waals surface area contributed by atoms with Gasteiger partial charge in [0.2, 0.25) is 5.91 Å². The number of thiophene rings is 1. The molecule has 24 heavy (non-hydrogen) atoms. The van der Waals surface area contributed by atoms with Crippen LogP contribution in [0.1, 0.15) is 54.8 Å². The van der Waals surface area contributed by atoms with Crippen LogP contribution in [0.5, 0.6) is 0 Å². The first kappa shape index (κ1) is 17.2. The molecule has 0 saturated carbocycles. The van der Waals surface area contributed by atoms with E-state index >= 15 is 0 Å². The molecule has 1 aromatic heterocycles. The molecule has 0 bridgehead atoms. The maximum Gasteiger partial charge on any atom is 0.234 e. The van der Waals surface area contributed by atoms with E-state index in [2.05, 4.69) is 47.6 Å². The van der Waals surface area contributed by atoms with Crippen LogP contribution < -0.4 is 5.32 Å². The molecule has 2 aromatic rings. The van der Waals surface area contributed by atoms with Gasteiger partial charge in [0, 0.05) is 17.5 Å². The maximum absolute atomic E-state index is 12.6.